The third kappa shape index (κ3) is 5.49. The molecule has 1 aliphatic rings. The number of rotatable bonds is 8. The highest BCUT2D eigenvalue weighted by Crippen LogP contribution is 2.24. The second-order valence-electron chi connectivity index (χ2n) is 5.98. The quantitative estimate of drug-likeness (QED) is 0.714. The van der Waals surface area contributed by atoms with E-state index in [0.29, 0.717) is 19.1 Å². The Morgan fingerprint density at radius 2 is 1.90 bits per heavy atom. The molecular weight excluding hydrogens is 256 g/mol. The molecule has 0 spiro atoms. The summed E-state index contributed by atoms with van der Waals surface area (Å²) < 4.78 is 0. The average Bonchev–Trinajstić information content (AvgIpc) is 2.91. The number of hydrogen-bond acceptors (Lipinski definition) is 3. The Morgan fingerprint density at radius 1 is 1.30 bits per heavy atom. The van der Waals surface area contributed by atoms with Crippen molar-refractivity contribution in [1.29, 1.82) is 0 Å². The van der Waals surface area contributed by atoms with Crippen LogP contribution in [-0.4, -0.2) is 47.1 Å². The molecule has 5 nitrogen and oxygen atoms in total. The van der Waals surface area contributed by atoms with Crippen molar-refractivity contribution in [3.63, 3.8) is 0 Å². The maximum Gasteiger partial charge on any atom is 0.307 e. The summed E-state index contributed by atoms with van der Waals surface area (Å²) in [7, 11) is 0. The largest absolute Gasteiger partial charge is 0.481 e. The number of nitrogens with one attached hydrogen (secondary N) is 1. The highest BCUT2D eigenvalue weighted by molar-refractivity contribution is 5.78. The summed E-state index contributed by atoms with van der Waals surface area (Å²) in [6.07, 6.45) is 5.40. The van der Waals surface area contributed by atoms with Crippen LogP contribution in [0, 0.1) is 5.92 Å². The van der Waals surface area contributed by atoms with Gasteiger partial charge in [0.1, 0.15) is 0 Å². The van der Waals surface area contributed by atoms with Gasteiger partial charge in [-0.15, -0.1) is 0 Å². The van der Waals surface area contributed by atoms with Crippen molar-refractivity contribution in [3.05, 3.63) is 0 Å². The Labute approximate surface area is 121 Å². The molecule has 0 aliphatic heterocycles. The topological polar surface area (TPSA) is 69.6 Å². The van der Waals surface area contributed by atoms with E-state index in [1.807, 2.05) is 13.8 Å². The molecule has 0 aromatic carbocycles. The fraction of sp³-hybridized carbons (Fsp3) is 0.867. The van der Waals surface area contributed by atoms with Crippen molar-refractivity contribution in [1.82, 2.24) is 10.2 Å². The number of carboxylic acids is 1. The van der Waals surface area contributed by atoms with E-state index in [0.717, 1.165) is 19.3 Å². The third-order valence-corrected chi connectivity index (χ3v) is 4.14. The summed E-state index contributed by atoms with van der Waals surface area (Å²) in [5.41, 5.74) is 0. The molecule has 20 heavy (non-hydrogen) atoms. The average molecular weight is 284 g/mol. The Morgan fingerprint density at radius 3 is 2.40 bits per heavy atom. The zero-order chi connectivity index (χ0) is 15.1. The first-order chi connectivity index (χ1) is 9.43. The normalized spacial score (nSPS) is 19.0. The SMILES string of the molecule is CCC(C)NC(=O)CN(CC(C)C(=O)O)C1CCCC1. The van der Waals surface area contributed by atoms with Gasteiger partial charge in [0.25, 0.3) is 0 Å². The van der Waals surface area contributed by atoms with Gasteiger partial charge < -0.3 is 10.4 Å². The number of carboxylic acid groups (broad SMARTS) is 1. The van der Waals surface area contributed by atoms with Gasteiger partial charge >= 0.3 is 5.97 Å². The molecule has 0 bridgehead atoms. The molecule has 2 N–H and O–H groups in total. The first-order valence-corrected chi connectivity index (χ1v) is 7.70. The highest BCUT2D eigenvalue weighted by Gasteiger charge is 2.27. The highest BCUT2D eigenvalue weighted by atomic mass is 16.4. The summed E-state index contributed by atoms with van der Waals surface area (Å²) in [5, 5.41) is 12.0. The number of nitrogens with zero attached hydrogens (tertiary/aromatic N) is 1. The maximum atomic E-state index is 12.0. The fourth-order valence-electron chi connectivity index (χ4n) is 2.65. The van der Waals surface area contributed by atoms with Gasteiger partial charge in [-0.1, -0.05) is 26.7 Å². The van der Waals surface area contributed by atoms with Crippen LogP contribution in [0.25, 0.3) is 0 Å². The van der Waals surface area contributed by atoms with Crippen molar-refractivity contribution in [2.45, 2.75) is 65.0 Å². The minimum atomic E-state index is -0.796. The van der Waals surface area contributed by atoms with Gasteiger partial charge in [-0.3, -0.25) is 14.5 Å². The predicted molar refractivity (Wildman–Crippen MR) is 78.5 cm³/mol. The molecule has 1 aliphatic carbocycles. The Hall–Kier alpha value is -1.10. The summed E-state index contributed by atoms with van der Waals surface area (Å²) in [6, 6.07) is 0.532. The predicted octanol–water partition coefficient (Wildman–Crippen LogP) is 1.87. The number of hydrogen-bond donors (Lipinski definition) is 2. The molecule has 0 radical (unpaired) electrons. The van der Waals surface area contributed by atoms with Gasteiger partial charge in [0.15, 0.2) is 0 Å². The lowest BCUT2D eigenvalue weighted by Crippen LogP contribution is -2.46. The fourth-order valence-corrected chi connectivity index (χ4v) is 2.65. The number of aliphatic carboxylic acids is 1. The van der Waals surface area contributed by atoms with E-state index < -0.39 is 11.9 Å². The van der Waals surface area contributed by atoms with Crippen molar-refractivity contribution in [2.24, 2.45) is 5.92 Å². The van der Waals surface area contributed by atoms with E-state index >= 15 is 0 Å². The molecule has 0 saturated heterocycles. The second kappa shape index (κ2) is 8.25. The van der Waals surface area contributed by atoms with Gasteiger partial charge in [0.2, 0.25) is 5.91 Å². The molecule has 1 fully saturated rings. The van der Waals surface area contributed by atoms with Crippen LogP contribution in [0.2, 0.25) is 0 Å². The van der Waals surface area contributed by atoms with Crippen LogP contribution in [0.1, 0.15) is 52.9 Å². The van der Waals surface area contributed by atoms with E-state index in [2.05, 4.69) is 10.2 Å². The zero-order valence-electron chi connectivity index (χ0n) is 12.9. The Bertz CT molecular complexity index is 327. The van der Waals surface area contributed by atoms with Gasteiger partial charge in [0, 0.05) is 18.6 Å². The molecule has 1 rings (SSSR count). The summed E-state index contributed by atoms with van der Waals surface area (Å²) in [4.78, 5) is 25.1. The minimum Gasteiger partial charge on any atom is -0.481 e. The van der Waals surface area contributed by atoms with Gasteiger partial charge in [-0.25, -0.2) is 0 Å². The van der Waals surface area contributed by atoms with Crippen LogP contribution >= 0.6 is 0 Å². The van der Waals surface area contributed by atoms with Crippen LogP contribution in [0.3, 0.4) is 0 Å². The first-order valence-electron chi connectivity index (χ1n) is 7.70. The minimum absolute atomic E-state index is 0.00355. The van der Waals surface area contributed by atoms with E-state index in [-0.39, 0.29) is 11.9 Å². The molecule has 1 saturated carbocycles. The Balaban J connectivity index is 2.57. The lowest BCUT2D eigenvalue weighted by molar-refractivity contribution is -0.142. The van der Waals surface area contributed by atoms with Crippen LogP contribution < -0.4 is 5.32 Å². The van der Waals surface area contributed by atoms with E-state index in [9.17, 15) is 9.59 Å². The summed E-state index contributed by atoms with van der Waals surface area (Å²) in [6.45, 7) is 6.49. The van der Waals surface area contributed by atoms with Crippen LogP contribution in [0.5, 0.6) is 0 Å². The molecule has 0 heterocycles. The standard InChI is InChI=1S/C15H28N2O3/c1-4-12(3)16-14(18)10-17(9-11(2)15(19)20)13-7-5-6-8-13/h11-13H,4-10H2,1-3H3,(H,16,18)(H,19,20). The maximum absolute atomic E-state index is 12.0. The van der Waals surface area contributed by atoms with Crippen molar-refractivity contribution >= 4 is 11.9 Å². The molecule has 1 amide bonds. The molecule has 0 aromatic heterocycles. The van der Waals surface area contributed by atoms with Gasteiger partial charge in [-0.2, -0.15) is 0 Å². The van der Waals surface area contributed by atoms with Gasteiger partial charge in [0.05, 0.1) is 12.5 Å². The monoisotopic (exact) mass is 284 g/mol. The van der Waals surface area contributed by atoms with E-state index in [1.54, 1.807) is 6.92 Å². The number of carbonyl (C=O) groups is 2. The molecule has 2 atom stereocenters. The lowest BCUT2D eigenvalue weighted by Gasteiger charge is -2.30. The Kier molecular flexibility index (Phi) is 6.99. The molecule has 116 valence electrons. The third-order valence-electron chi connectivity index (χ3n) is 4.14. The van der Waals surface area contributed by atoms with Crippen molar-refractivity contribution < 1.29 is 14.7 Å². The number of amides is 1. The molecule has 0 aromatic rings. The first kappa shape index (κ1) is 17.0. The number of carbonyl (C=O) groups excluding carboxylic acids is 1. The molecule has 2 unspecified atom stereocenters. The summed E-state index contributed by atoms with van der Waals surface area (Å²) >= 11 is 0. The van der Waals surface area contributed by atoms with Crippen LogP contribution in [0.4, 0.5) is 0 Å². The smallest absolute Gasteiger partial charge is 0.307 e. The van der Waals surface area contributed by atoms with Crippen LogP contribution in [0.15, 0.2) is 0 Å². The molecule has 5 heteroatoms. The lowest BCUT2D eigenvalue weighted by atomic mass is 10.1. The molecular formula is C15H28N2O3. The second-order valence-corrected chi connectivity index (χ2v) is 5.98. The van der Waals surface area contributed by atoms with E-state index in [1.165, 1.54) is 12.8 Å². The van der Waals surface area contributed by atoms with Crippen molar-refractivity contribution in [3.8, 4) is 0 Å². The summed E-state index contributed by atoms with van der Waals surface area (Å²) in [5.74, 6) is -1.23. The van der Waals surface area contributed by atoms with Gasteiger partial charge in [-0.05, 0) is 26.2 Å². The van der Waals surface area contributed by atoms with Crippen molar-refractivity contribution in [2.75, 3.05) is 13.1 Å². The zero-order valence-corrected chi connectivity index (χ0v) is 12.9. The van der Waals surface area contributed by atoms with Crippen LogP contribution in [-0.2, 0) is 9.59 Å². The van der Waals surface area contributed by atoms with E-state index in [4.69, 9.17) is 5.11 Å².